The van der Waals surface area contributed by atoms with Crippen molar-refractivity contribution < 1.29 is 32.0 Å². The lowest BCUT2D eigenvalue weighted by Crippen LogP contribution is -2.19. The van der Waals surface area contributed by atoms with E-state index in [0.717, 1.165) is 44.6 Å². The monoisotopic (exact) mass is 831 g/mol. The van der Waals surface area contributed by atoms with E-state index in [4.69, 9.17) is 9.47 Å². The lowest BCUT2D eigenvalue weighted by molar-refractivity contribution is 0.0446. The highest BCUT2D eigenvalue weighted by Crippen LogP contribution is 2.23. The number of unbranched alkanes of at least 4 members (excludes halogenated alkanes) is 30. The maximum atomic E-state index is 13.1. The first-order valence-corrected chi connectivity index (χ1v) is 25.5. The van der Waals surface area contributed by atoms with Crippen LogP contribution in [0.4, 0.5) is 0 Å². The Balaban J connectivity index is 2.18. The molecule has 0 saturated carbocycles. The van der Waals surface area contributed by atoms with Gasteiger partial charge in [-0.05, 0) is 76.3 Å². The van der Waals surface area contributed by atoms with Gasteiger partial charge in [-0.2, -0.15) is 8.42 Å². The smallest absolute Gasteiger partial charge is 0.340 e. The van der Waals surface area contributed by atoms with E-state index in [1.54, 1.807) is 0 Å². The summed E-state index contributed by atoms with van der Waals surface area (Å²) in [5.74, 6) is -1.74. The summed E-state index contributed by atoms with van der Waals surface area (Å²) < 4.78 is 44.9. The Labute approximate surface area is 356 Å². The number of hydrogen-bond acceptors (Lipinski definition) is 6. The summed E-state index contributed by atoms with van der Waals surface area (Å²) in [6.07, 6.45) is 50.5. The molecule has 0 aliphatic carbocycles. The molecule has 0 aliphatic rings. The van der Waals surface area contributed by atoms with Gasteiger partial charge < -0.3 is 9.47 Å². The van der Waals surface area contributed by atoms with Crippen molar-refractivity contribution in [3.05, 3.63) is 53.6 Å². The number of carbonyl (C=O) groups excluding carboxylic acids is 2. The fourth-order valence-corrected chi connectivity index (χ4v) is 8.07. The molecule has 0 unspecified atom stereocenters. The van der Waals surface area contributed by atoms with Crippen LogP contribution in [0.15, 0.2) is 47.4 Å². The fraction of sp³-hybridized carbons (Fsp3) is 0.760. The molecule has 0 fully saturated rings. The highest BCUT2D eigenvalue weighted by molar-refractivity contribution is 7.86. The Bertz CT molecular complexity index is 1300. The number of allylic oxidation sites excluding steroid dienone is 4. The molecule has 1 N–H and O–H groups in total. The zero-order chi connectivity index (χ0) is 42.2. The number of hydrogen-bond donors (Lipinski definition) is 1. The zero-order valence-electron chi connectivity index (χ0n) is 37.3. The second-order valence-electron chi connectivity index (χ2n) is 16.4. The molecule has 7 nitrogen and oxygen atoms in total. The van der Waals surface area contributed by atoms with E-state index in [1.165, 1.54) is 179 Å². The lowest BCUT2D eigenvalue weighted by atomic mass is 10.0. The average molecular weight is 831 g/mol. The van der Waals surface area contributed by atoms with E-state index < -0.39 is 32.5 Å². The third kappa shape index (κ3) is 30.6. The second-order valence-corrected chi connectivity index (χ2v) is 17.8. The van der Waals surface area contributed by atoms with Gasteiger partial charge in [0.1, 0.15) is 4.90 Å². The molecule has 0 aliphatic heterocycles. The van der Waals surface area contributed by atoms with Gasteiger partial charge in [0.15, 0.2) is 0 Å². The van der Waals surface area contributed by atoms with Gasteiger partial charge in [0.25, 0.3) is 10.1 Å². The summed E-state index contributed by atoms with van der Waals surface area (Å²) >= 11 is 0. The first-order valence-electron chi connectivity index (χ1n) is 24.1. The fourth-order valence-electron chi connectivity index (χ4n) is 7.37. The van der Waals surface area contributed by atoms with Crippen LogP contribution in [0.1, 0.15) is 253 Å². The SMILES string of the molecule is CCCCCC/C=C/CCCCCCCCCCCCCOC(=O)c1cccc(S(=O)(=O)O)c1C(=O)OCCCCCCCCCCCCC/C=C/CCCCCC. The van der Waals surface area contributed by atoms with E-state index in [1.807, 2.05) is 0 Å². The van der Waals surface area contributed by atoms with Crippen molar-refractivity contribution in [3.8, 4) is 0 Å². The molecule has 8 heteroatoms. The van der Waals surface area contributed by atoms with Crippen molar-refractivity contribution in [2.24, 2.45) is 0 Å². The maximum Gasteiger partial charge on any atom is 0.340 e. The summed E-state index contributed by atoms with van der Waals surface area (Å²) in [6, 6.07) is 3.77. The number of ether oxygens (including phenoxy) is 2. The first-order chi connectivity index (χ1) is 28.3. The van der Waals surface area contributed by atoms with E-state index >= 15 is 0 Å². The van der Waals surface area contributed by atoms with Crippen molar-refractivity contribution in [1.29, 1.82) is 0 Å². The van der Waals surface area contributed by atoms with Crippen molar-refractivity contribution in [2.75, 3.05) is 13.2 Å². The summed E-state index contributed by atoms with van der Waals surface area (Å²) in [6.45, 7) is 4.79. The summed E-state index contributed by atoms with van der Waals surface area (Å²) in [5, 5.41) is 0. The summed E-state index contributed by atoms with van der Waals surface area (Å²) in [4.78, 5) is 25.4. The van der Waals surface area contributed by atoms with E-state index in [0.29, 0.717) is 12.8 Å². The molecule has 1 aromatic rings. The van der Waals surface area contributed by atoms with E-state index in [9.17, 15) is 22.6 Å². The van der Waals surface area contributed by atoms with Crippen molar-refractivity contribution in [1.82, 2.24) is 0 Å². The Morgan fingerprint density at radius 3 is 1.12 bits per heavy atom. The van der Waals surface area contributed by atoms with Gasteiger partial charge in [-0.25, -0.2) is 9.59 Å². The molecule has 1 aromatic carbocycles. The molecule has 0 heterocycles. The Morgan fingerprint density at radius 2 is 0.776 bits per heavy atom. The van der Waals surface area contributed by atoms with Crippen molar-refractivity contribution in [3.63, 3.8) is 0 Å². The minimum Gasteiger partial charge on any atom is -0.462 e. The molecule has 58 heavy (non-hydrogen) atoms. The highest BCUT2D eigenvalue weighted by Gasteiger charge is 2.28. The molecule has 0 aromatic heterocycles. The molecule has 0 radical (unpaired) electrons. The molecule has 0 bridgehead atoms. The largest absolute Gasteiger partial charge is 0.462 e. The Kier molecular flexibility index (Phi) is 35.8. The van der Waals surface area contributed by atoms with Crippen LogP contribution in [0.3, 0.4) is 0 Å². The second kappa shape index (κ2) is 38.7. The molecule has 1 rings (SSSR count). The molecular weight excluding hydrogens is 745 g/mol. The minimum atomic E-state index is -4.77. The van der Waals surface area contributed by atoms with Crippen LogP contribution in [0.2, 0.25) is 0 Å². The first kappa shape index (κ1) is 53.6. The van der Waals surface area contributed by atoms with Crippen LogP contribution >= 0.6 is 0 Å². The Hall–Kier alpha value is -2.45. The maximum absolute atomic E-state index is 13.1. The number of rotatable bonds is 41. The Morgan fingerprint density at radius 1 is 0.466 bits per heavy atom. The van der Waals surface area contributed by atoms with Crippen LogP contribution in [0, 0.1) is 0 Å². The van der Waals surface area contributed by atoms with Gasteiger partial charge in [-0.1, -0.05) is 198 Å². The van der Waals surface area contributed by atoms with Crippen LogP contribution in [-0.4, -0.2) is 38.1 Å². The molecule has 0 saturated heterocycles. The van der Waals surface area contributed by atoms with E-state index in [-0.39, 0.29) is 18.8 Å². The zero-order valence-corrected chi connectivity index (χ0v) is 38.1. The molecular formula is C50H86O7S. The predicted molar refractivity (Wildman–Crippen MR) is 243 cm³/mol. The number of esters is 2. The van der Waals surface area contributed by atoms with Crippen LogP contribution < -0.4 is 0 Å². The highest BCUT2D eigenvalue weighted by atomic mass is 32.2. The van der Waals surface area contributed by atoms with Gasteiger partial charge in [0, 0.05) is 0 Å². The van der Waals surface area contributed by atoms with Gasteiger partial charge in [-0.15, -0.1) is 0 Å². The van der Waals surface area contributed by atoms with Gasteiger partial charge in [0.05, 0.1) is 24.3 Å². The topological polar surface area (TPSA) is 107 Å². The normalized spacial score (nSPS) is 11.9. The average Bonchev–Trinajstić information content (AvgIpc) is 3.21. The number of carbonyl (C=O) groups is 2. The number of benzene rings is 1. The van der Waals surface area contributed by atoms with Crippen molar-refractivity contribution >= 4 is 22.1 Å². The predicted octanol–water partition coefficient (Wildman–Crippen LogP) is 15.7. The summed E-state index contributed by atoms with van der Waals surface area (Å²) in [5.41, 5.74) is -0.673. The lowest BCUT2D eigenvalue weighted by Gasteiger charge is -2.13. The quantitative estimate of drug-likeness (QED) is 0.0303. The molecule has 0 spiro atoms. The third-order valence-corrected chi connectivity index (χ3v) is 11.9. The standard InChI is InChI=1S/C50H86O7S/c1-3-5-7-9-11-13-15-17-19-21-23-25-27-29-31-33-35-37-39-44-56-49(51)46-42-41-43-47(58(53,54)55)48(46)50(52)57-45-40-38-36-34-32-30-28-26-24-22-20-18-16-14-12-10-8-6-4-2/h13-16,41-43H,3-12,17-40,44-45H2,1-2H3,(H,53,54,55)/b15-13+,16-14+. The minimum absolute atomic E-state index is 0.109. The van der Waals surface area contributed by atoms with Gasteiger partial charge in [-0.3, -0.25) is 4.55 Å². The third-order valence-electron chi connectivity index (χ3n) is 11.0. The molecule has 0 atom stereocenters. The van der Waals surface area contributed by atoms with Crippen LogP contribution in [0.5, 0.6) is 0 Å². The van der Waals surface area contributed by atoms with Crippen LogP contribution in [-0.2, 0) is 19.6 Å². The van der Waals surface area contributed by atoms with Gasteiger partial charge in [0.2, 0.25) is 0 Å². The van der Waals surface area contributed by atoms with Crippen molar-refractivity contribution in [2.45, 2.75) is 237 Å². The van der Waals surface area contributed by atoms with E-state index in [2.05, 4.69) is 38.2 Å². The molecule has 334 valence electrons. The molecule has 0 amide bonds. The van der Waals surface area contributed by atoms with Crippen LogP contribution in [0.25, 0.3) is 0 Å². The van der Waals surface area contributed by atoms with Gasteiger partial charge >= 0.3 is 11.9 Å². The summed E-state index contributed by atoms with van der Waals surface area (Å²) in [7, 11) is -4.77.